The minimum atomic E-state index is -1.10. The van der Waals surface area contributed by atoms with Crippen LogP contribution in [0, 0.1) is 17.8 Å². The number of carboxylic acid groups (broad SMARTS) is 2. The normalized spacial score (nSPS) is 28.3. The van der Waals surface area contributed by atoms with E-state index in [0.29, 0.717) is 18.3 Å². The number of amides is 1. The van der Waals surface area contributed by atoms with Crippen LogP contribution in [0.25, 0.3) is 0 Å². The monoisotopic (exact) mass is 297 g/mol. The molecule has 6 nitrogen and oxygen atoms in total. The van der Waals surface area contributed by atoms with Gasteiger partial charge in [-0.15, -0.1) is 0 Å². The van der Waals surface area contributed by atoms with Gasteiger partial charge < -0.3 is 15.5 Å². The Labute approximate surface area is 123 Å². The molecule has 0 aliphatic heterocycles. The van der Waals surface area contributed by atoms with Crippen molar-refractivity contribution in [2.24, 2.45) is 17.8 Å². The van der Waals surface area contributed by atoms with Crippen LogP contribution < -0.4 is 5.32 Å². The molecule has 0 aromatic carbocycles. The molecule has 3 N–H and O–H groups in total. The Morgan fingerprint density at radius 1 is 1.14 bits per heavy atom. The molecule has 0 aromatic rings. The Morgan fingerprint density at radius 3 is 2.43 bits per heavy atom. The van der Waals surface area contributed by atoms with Crippen molar-refractivity contribution in [1.82, 2.24) is 5.32 Å². The molecule has 2 aliphatic rings. The van der Waals surface area contributed by atoms with Gasteiger partial charge in [-0.25, -0.2) is 4.79 Å². The largest absolute Gasteiger partial charge is 0.481 e. The van der Waals surface area contributed by atoms with Gasteiger partial charge in [0.1, 0.15) is 6.04 Å². The average molecular weight is 297 g/mol. The van der Waals surface area contributed by atoms with E-state index < -0.39 is 18.0 Å². The summed E-state index contributed by atoms with van der Waals surface area (Å²) in [6.07, 6.45) is 5.52. The third kappa shape index (κ3) is 4.44. The van der Waals surface area contributed by atoms with Crippen molar-refractivity contribution in [3.63, 3.8) is 0 Å². The summed E-state index contributed by atoms with van der Waals surface area (Å²) >= 11 is 0. The average Bonchev–Trinajstić information content (AvgIpc) is 2.99. The molecule has 0 heterocycles. The van der Waals surface area contributed by atoms with Gasteiger partial charge in [0.05, 0.1) is 0 Å². The third-order valence-corrected chi connectivity index (χ3v) is 4.85. The van der Waals surface area contributed by atoms with Crippen LogP contribution in [0.3, 0.4) is 0 Å². The summed E-state index contributed by atoms with van der Waals surface area (Å²) in [4.78, 5) is 33.6. The number of carbonyl (C=O) groups is 3. The van der Waals surface area contributed by atoms with E-state index in [1.807, 2.05) is 0 Å². The smallest absolute Gasteiger partial charge is 0.326 e. The highest BCUT2D eigenvalue weighted by Crippen LogP contribution is 2.49. The van der Waals surface area contributed by atoms with Crippen molar-refractivity contribution in [3.8, 4) is 0 Å². The van der Waals surface area contributed by atoms with Crippen LogP contribution in [-0.2, 0) is 14.4 Å². The molecule has 6 heteroatoms. The molecule has 2 bridgehead atoms. The van der Waals surface area contributed by atoms with E-state index in [2.05, 4.69) is 5.32 Å². The van der Waals surface area contributed by atoms with E-state index in [4.69, 9.17) is 10.2 Å². The molecule has 0 spiro atoms. The van der Waals surface area contributed by atoms with E-state index in [0.717, 1.165) is 12.3 Å². The van der Waals surface area contributed by atoms with Crippen LogP contribution in [0.5, 0.6) is 0 Å². The summed E-state index contributed by atoms with van der Waals surface area (Å²) in [5.74, 6) is -0.462. The predicted molar refractivity (Wildman–Crippen MR) is 74.6 cm³/mol. The first kappa shape index (κ1) is 15.8. The Balaban J connectivity index is 1.75. The Kier molecular flexibility index (Phi) is 5.20. The summed E-state index contributed by atoms with van der Waals surface area (Å²) in [5.41, 5.74) is 0. The van der Waals surface area contributed by atoms with Crippen LogP contribution in [0.2, 0.25) is 0 Å². The lowest BCUT2D eigenvalue weighted by Crippen LogP contribution is -2.41. The van der Waals surface area contributed by atoms with Gasteiger partial charge in [0.2, 0.25) is 5.91 Å². The van der Waals surface area contributed by atoms with Gasteiger partial charge in [0.15, 0.2) is 0 Å². The highest BCUT2D eigenvalue weighted by Gasteiger charge is 2.40. The number of nitrogens with one attached hydrogen (secondary N) is 1. The first-order chi connectivity index (χ1) is 9.95. The Hall–Kier alpha value is -1.59. The van der Waals surface area contributed by atoms with Crippen LogP contribution in [0.15, 0.2) is 0 Å². The first-order valence-electron chi connectivity index (χ1n) is 7.69. The summed E-state index contributed by atoms with van der Waals surface area (Å²) in [6, 6.07) is -0.976. The van der Waals surface area contributed by atoms with E-state index >= 15 is 0 Å². The maximum atomic E-state index is 12.0. The van der Waals surface area contributed by atoms with Gasteiger partial charge in [-0.05, 0) is 49.9 Å². The quantitative estimate of drug-likeness (QED) is 0.632. The summed E-state index contributed by atoms with van der Waals surface area (Å²) < 4.78 is 0. The van der Waals surface area contributed by atoms with Crippen molar-refractivity contribution < 1.29 is 24.6 Å². The molecule has 118 valence electrons. The fraction of sp³-hybridized carbons (Fsp3) is 0.800. The molecule has 4 atom stereocenters. The number of aliphatic carboxylic acids is 2. The second-order valence-corrected chi connectivity index (χ2v) is 6.38. The van der Waals surface area contributed by atoms with Crippen molar-refractivity contribution in [3.05, 3.63) is 0 Å². The molecular weight excluding hydrogens is 274 g/mol. The van der Waals surface area contributed by atoms with Crippen LogP contribution in [0.1, 0.15) is 51.4 Å². The lowest BCUT2D eigenvalue weighted by Gasteiger charge is -2.22. The predicted octanol–water partition coefficient (Wildman–Crippen LogP) is 1.64. The molecule has 0 aromatic heterocycles. The second-order valence-electron chi connectivity index (χ2n) is 6.38. The molecule has 2 fully saturated rings. The van der Waals surface area contributed by atoms with Gasteiger partial charge in [-0.1, -0.05) is 6.42 Å². The zero-order valence-corrected chi connectivity index (χ0v) is 12.1. The molecule has 2 aliphatic carbocycles. The third-order valence-electron chi connectivity index (χ3n) is 4.85. The second kappa shape index (κ2) is 6.91. The van der Waals surface area contributed by atoms with Crippen molar-refractivity contribution >= 4 is 17.8 Å². The van der Waals surface area contributed by atoms with Crippen molar-refractivity contribution in [1.29, 1.82) is 0 Å². The fourth-order valence-electron chi connectivity index (χ4n) is 3.83. The van der Waals surface area contributed by atoms with Crippen molar-refractivity contribution in [2.75, 3.05) is 0 Å². The molecule has 21 heavy (non-hydrogen) atoms. The van der Waals surface area contributed by atoms with E-state index in [9.17, 15) is 14.4 Å². The molecular formula is C15H23NO5. The molecule has 0 saturated heterocycles. The highest BCUT2D eigenvalue weighted by molar-refractivity contribution is 5.83. The van der Waals surface area contributed by atoms with E-state index in [-0.39, 0.29) is 25.2 Å². The number of hydrogen-bond donors (Lipinski definition) is 3. The number of hydrogen-bond acceptors (Lipinski definition) is 3. The molecule has 3 unspecified atom stereocenters. The van der Waals surface area contributed by atoms with Crippen molar-refractivity contribution in [2.45, 2.75) is 57.4 Å². The highest BCUT2D eigenvalue weighted by atomic mass is 16.4. The lowest BCUT2D eigenvalue weighted by atomic mass is 9.86. The van der Waals surface area contributed by atoms with Gasteiger partial charge in [0.25, 0.3) is 0 Å². The molecule has 2 saturated carbocycles. The molecule has 2 rings (SSSR count). The topological polar surface area (TPSA) is 104 Å². The number of carboxylic acids is 2. The van der Waals surface area contributed by atoms with Crippen LogP contribution in [0.4, 0.5) is 0 Å². The number of rotatable bonds is 8. The molecule has 0 radical (unpaired) electrons. The fourth-order valence-corrected chi connectivity index (χ4v) is 3.83. The summed E-state index contributed by atoms with van der Waals surface area (Å²) in [5, 5.41) is 20.2. The zero-order chi connectivity index (χ0) is 15.4. The minimum Gasteiger partial charge on any atom is -0.481 e. The Bertz CT molecular complexity index is 422. The van der Waals surface area contributed by atoms with Crippen LogP contribution >= 0.6 is 0 Å². The van der Waals surface area contributed by atoms with Gasteiger partial charge >= 0.3 is 11.9 Å². The van der Waals surface area contributed by atoms with Gasteiger partial charge in [-0.2, -0.15) is 0 Å². The molecule has 1 amide bonds. The number of carbonyl (C=O) groups excluding carboxylic acids is 1. The number of fused-ring (bicyclic) bond motifs is 2. The Morgan fingerprint density at radius 2 is 1.90 bits per heavy atom. The summed E-state index contributed by atoms with van der Waals surface area (Å²) in [7, 11) is 0. The van der Waals surface area contributed by atoms with E-state index in [1.54, 1.807) is 0 Å². The van der Waals surface area contributed by atoms with Crippen LogP contribution in [-0.4, -0.2) is 34.1 Å². The maximum absolute atomic E-state index is 12.0. The lowest BCUT2D eigenvalue weighted by molar-refractivity contribution is -0.143. The standard InChI is InChI=1S/C15H23NO5/c17-13(8-11-7-9-4-5-10(11)6-9)16-12(15(20)21)2-1-3-14(18)19/h9-12H,1-8H2,(H,16,17)(H,18,19)(H,20,21)/t9?,10?,11?,12-/m1/s1. The van der Waals surface area contributed by atoms with Gasteiger partial charge in [0, 0.05) is 12.8 Å². The minimum absolute atomic E-state index is 0.0774. The maximum Gasteiger partial charge on any atom is 0.326 e. The first-order valence-corrected chi connectivity index (χ1v) is 7.69. The zero-order valence-electron chi connectivity index (χ0n) is 12.1. The van der Waals surface area contributed by atoms with Gasteiger partial charge in [-0.3, -0.25) is 9.59 Å². The van der Waals surface area contributed by atoms with E-state index in [1.165, 1.54) is 19.3 Å². The SMILES string of the molecule is O=C(O)CCC[C@@H](NC(=O)CC1CC2CCC1C2)C(=O)O. The summed E-state index contributed by atoms with van der Waals surface area (Å²) in [6.45, 7) is 0.